The molecule has 3 heterocycles. The minimum atomic E-state index is -0.250. The summed E-state index contributed by atoms with van der Waals surface area (Å²) in [5, 5.41) is 3.96. The first-order chi connectivity index (χ1) is 9.29. The van der Waals surface area contributed by atoms with Crippen LogP contribution in [0.25, 0.3) is 11.5 Å². The molecule has 1 unspecified atom stereocenters. The van der Waals surface area contributed by atoms with E-state index in [0.717, 1.165) is 23.4 Å². The summed E-state index contributed by atoms with van der Waals surface area (Å²) in [7, 11) is 0. The van der Waals surface area contributed by atoms with Crippen molar-refractivity contribution in [2.45, 2.75) is 19.3 Å². The molecule has 1 aliphatic heterocycles. The van der Waals surface area contributed by atoms with Crippen molar-refractivity contribution in [1.82, 2.24) is 15.1 Å². The summed E-state index contributed by atoms with van der Waals surface area (Å²) < 4.78 is 5.24. The van der Waals surface area contributed by atoms with Crippen molar-refractivity contribution in [1.29, 1.82) is 0 Å². The lowest BCUT2D eigenvalue weighted by Gasteiger charge is -2.01. The van der Waals surface area contributed by atoms with Gasteiger partial charge in [-0.15, -0.1) is 0 Å². The van der Waals surface area contributed by atoms with E-state index in [-0.39, 0.29) is 11.7 Å². The van der Waals surface area contributed by atoms with Crippen molar-refractivity contribution in [3.63, 3.8) is 0 Å². The second kappa shape index (κ2) is 5.13. The van der Waals surface area contributed by atoms with Crippen LogP contribution in [0.2, 0.25) is 0 Å². The highest BCUT2D eigenvalue weighted by atomic mass is 32.2. The molecule has 5 nitrogen and oxygen atoms in total. The summed E-state index contributed by atoms with van der Waals surface area (Å²) in [6, 6.07) is 3.88. The van der Waals surface area contributed by atoms with Gasteiger partial charge in [-0.1, -0.05) is 18.1 Å². The zero-order valence-electron chi connectivity index (χ0n) is 10.5. The van der Waals surface area contributed by atoms with Crippen LogP contribution in [-0.2, 0) is 11.2 Å². The van der Waals surface area contributed by atoms with Gasteiger partial charge in [0.2, 0.25) is 11.7 Å². The topological polar surface area (TPSA) is 68.9 Å². The molecule has 0 N–H and O–H groups in total. The standard InChI is InChI=1S/C13H13N3O2S/c1-2-8-4-3-5-14-11(8)12-15-13(18-16-12)9-6-19-7-10(9)17/h3-5,9H,2,6-7H2,1H3. The van der Waals surface area contributed by atoms with Crippen LogP contribution in [-0.4, -0.2) is 32.4 Å². The predicted octanol–water partition coefficient (Wildman–Crippen LogP) is 2.09. The molecule has 0 spiro atoms. The van der Waals surface area contributed by atoms with E-state index < -0.39 is 0 Å². The number of hydrogen-bond donors (Lipinski definition) is 0. The lowest BCUT2D eigenvalue weighted by molar-refractivity contribution is -0.117. The molecule has 1 saturated heterocycles. The maximum Gasteiger partial charge on any atom is 0.238 e. The van der Waals surface area contributed by atoms with E-state index >= 15 is 0 Å². The van der Waals surface area contributed by atoms with Gasteiger partial charge in [0, 0.05) is 11.9 Å². The molecule has 6 heteroatoms. The summed E-state index contributed by atoms with van der Waals surface area (Å²) >= 11 is 1.60. The number of aromatic nitrogens is 3. The highest BCUT2D eigenvalue weighted by Gasteiger charge is 2.31. The number of ketones is 1. The largest absolute Gasteiger partial charge is 0.338 e. The third-order valence-electron chi connectivity index (χ3n) is 3.14. The maximum absolute atomic E-state index is 11.7. The Balaban J connectivity index is 1.95. The molecule has 3 rings (SSSR count). The number of hydrogen-bond acceptors (Lipinski definition) is 6. The monoisotopic (exact) mass is 275 g/mol. The SMILES string of the molecule is CCc1cccnc1-c1noc(C2CSCC2=O)n1. The summed E-state index contributed by atoms with van der Waals surface area (Å²) in [4.78, 5) is 20.3. The van der Waals surface area contributed by atoms with Crippen LogP contribution in [0, 0.1) is 0 Å². The molecule has 2 aromatic rings. The third kappa shape index (κ3) is 2.28. The summed E-state index contributed by atoms with van der Waals surface area (Å²) in [6.45, 7) is 2.05. The van der Waals surface area contributed by atoms with Gasteiger partial charge in [-0.2, -0.15) is 16.7 Å². The van der Waals surface area contributed by atoms with Crippen molar-refractivity contribution in [3.05, 3.63) is 29.8 Å². The molecule has 0 saturated carbocycles. The van der Waals surface area contributed by atoms with Crippen molar-refractivity contribution in [3.8, 4) is 11.5 Å². The molecular weight excluding hydrogens is 262 g/mol. The molecule has 0 amide bonds. The first-order valence-electron chi connectivity index (χ1n) is 6.18. The number of aryl methyl sites for hydroxylation is 1. The van der Waals surface area contributed by atoms with E-state index in [1.165, 1.54) is 0 Å². The van der Waals surface area contributed by atoms with E-state index in [1.807, 2.05) is 12.1 Å². The van der Waals surface area contributed by atoms with Crippen molar-refractivity contribution in [2.24, 2.45) is 0 Å². The van der Waals surface area contributed by atoms with Gasteiger partial charge in [-0.25, -0.2) is 0 Å². The molecule has 0 radical (unpaired) electrons. The van der Waals surface area contributed by atoms with E-state index in [0.29, 0.717) is 17.5 Å². The lowest BCUT2D eigenvalue weighted by Crippen LogP contribution is -2.09. The number of rotatable bonds is 3. The lowest BCUT2D eigenvalue weighted by atomic mass is 10.1. The zero-order chi connectivity index (χ0) is 13.2. The van der Waals surface area contributed by atoms with Crippen LogP contribution in [0.5, 0.6) is 0 Å². The molecule has 0 aromatic carbocycles. The van der Waals surface area contributed by atoms with Crippen molar-refractivity contribution < 1.29 is 9.32 Å². The molecule has 1 aliphatic rings. The van der Waals surface area contributed by atoms with E-state index in [9.17, 15) is 4.79 Å². The van der Waals surface area contributed by atoms with Crippen molar-refractivity contribution in [2.75, 3.05) is 11.5 Å². The molecule has 98 valence electrons. The second-order valence-electron chi connectivity index (χ2n) is 4.35. The first kappa shape index (κ1) is 12.3. The minimum Gasteiger partial charge on any atom is -0.338 e. The van der Waals surface area contributed by atoms with Crippen LogP contribution in [0.4, 0.5) is 0 Å². The number of carbonyl (C=O) groups is 1. The number of Topliss-reactive ketones (excluding diaryl/α,β-unsaturated/α-hetero) is 1. The van der Waals surface area contributed by atoms with Crippen LogP contribution in [0.1, 0.15) is 24.3 Å². The van der Waals surface area contributed by atoms with Crippen LogP contribution < -0.4 is 0 Å². The fraction of sp³-hybridized carbons (Fsp3) is 0.385. The van der Waals surface area contributed by atoms with Gasteiger partial charge in [-0.3, -0.25) is 9.78 Å². The predicted molar refractivity (Wildman–Crippen MR) is 72.0 cm³/mol. The Labute approximate surface area is 114 Å². The maximum atomic E-state index is 11.7. The minimum absolute atomic E-state index is 0.164. The van der Waals surface area contributed by atoms with Crippen LogP contribution >= 0.6 is 11.8 Å². The van der Waals surface area contributed by atoms with Crippen LogP contribution in [0.3, 0.4) is 0 Å². The Morgan fingerprint density at radius 1 is 1.53 bits per heavy atom. The Bertz CT molecular complexity index is 611. The van der Waals surface area contributed by atoms with Crippen LogP contribution in [0.15, 0.2) is 22.9 Å². The fourth-order valence-electron chi connectivity index (χ4n) is 2.08. The molecule has 0 aliphatic carbocycles. The normalized spacial score (nSPS) is 19.0. The fourth-order valence-corrected chi connectivity index (χ4v) is 3.16. The summed E-state index contributed by atoms with van der Waals surface area (Å²) in [5.41, 5.74) is 1.81. The molecule has 1 atom stereocenters. The van der Waals surface area contributed by atoms with Gasteiger partial charge in [0.25, 0.3) is 0 Å². The van der Waals surface area contributed by atoms with Gasteiger partial charge in [-0.05, 0) is 18.1 Å². The quantitative estimate of drug-likeness (QED) is 0.854. The number of pyridine rings is 1. The van der Waals surface area contributed by atoms with E-state index in [1.54, 1.807) is 18.0 Å². The van der Waals surface area contributed by atoms with E-state index in [2.05, 4.69) is 22.0 Å². The zero-order valence-corrected chi connectivity index (χ0v) is 11.3. The average Bonchev–Trinajstić information content (AvgIpc) is 3.07. The summed E-state index contributed by atoms with van der Waals surface area (Å²) in [5.74, 6) is 2.06. The van der Waals surface area contributed by atoms with Gasteiger partial charge in [0.1, 0.15) is 11.6 Å². The van der Waals surface area contributed by atoms with E-state index in [4.69, 9.17) is 4.52 Å². The highest BCUT2D eigenvalue weighted by Crippen LogP contribution is 2.30. The van der Waals surface area contributed by atoms with Crippen molar-refractivity contribution >= 4 is 17.5 Å². The van der Waals surface area contributed by atoms with Gasteiger partial charge < -0.3 is 4.52 Å². The van der Waals surface area contributed by atoms with Gasteiger partial charge in [0.05, 0.1) is 5.75 Å². The first-order valence-corrected chi connectivity index (χ1v) is 7.33. The Kier molecular flexibility index (Phi) is 3.33. The van der Waals surface area contributed by atoms with Gasteiger partial charge in [0.15, 0.2) is 5.78 Å². The Hall–Kier alpha value is -1.69. The Morgan fingerprint density at radius 3 is 3.16 bits per heavy atom. The smallest absolute Gasteiger partial charge is 0.238 e. The second-order valence-corrected chi connectivity index (χ2v) is 5.39. The molecule has 2 aromatic heterocycles. The third-order valence-corrected chi connectivity index (χ3v) is 4.20. The number of nitrogens with zero attached hydrogens (tertiary/aromatic N) is 3. The molecule has 1 fully saturated rings. The number of carbonyl (C=O) groups excluding carboxylic acids is 1. The Morgan fingerprint density at radius 2 is 2.42 bits per heavy atom. The number of thioether (sulfide) groups is 1. The molecular formula is C13H13N3O2S. The summed E-state index contributed by atoms with van der Waals surface area (Å²) in [6.07, 6.45) is 2.56. The molecule has 19 heavy (non-hydrogen) atoms. The highest BCUT2D eigenvalue weighted by molar-refractivity contribution is 8.00. The average molecular weight is 275 g/mol. The molecule has 0 bridgehead atoms. The van der Waals surface area contributed by atoms with Gasteiger partial charge >= 0.3 is 0 Å².